The summed E-state index contributed by atoms with van der Waals surface area (Å²) < 4.78 is 4.97. The van der Waals surface area contributed by atoms with E-state index in [2.05, 4.69) is 10.6 Å². The van der Waals surface area contributed by atoms with Crippen molar-refractivity contribution in [3.05, 3.63) is 53.5 Å². The van der Waals surface area contributed by atoms with Gasteiger partial charge in [0, 0.05) is 23.5 Å². The van der Waals surface area contributed by atoms with Crippen molar-refractivity contribution in [3.63, 3.8) is 0 Å². The monoisotopic (exact) mass is 371 g/mol. The van der Waals surface area contributed by atoms with Crippen molar-refractivity contribution in [3.8, 4) is 0 Å². The number of thiocarbonyl (C=S) groups is 1. The maximum atomic E-state index is 12.8. The van der Waals surface area contributed by atoms with Gasteiger partial charge in [0.2, 0.25) is 0 Å². The fourth-order valence-electron chi connectivity index (χ4n) is 3.06. The van der Waals surface area contributed by atoms with Crippen LogP contribution in [0.15, 0.2) is 53.5 Å². The second kappa shape index (κ2) is 7.70. The quantitative estimate of drug-likeness (QED) is 0.482. The number of rotatable bonds is 4. The number of carbonyl (C=O) groups is 2. The van der Waals surface area contributed by atoms with Crippen molar-refractivity contribution < 1.29 is 14.3 Å². The lowest BCUT2D eigenvalue weighted by atomic mass is 9.97. The molecule has 7 heteroatoms. The van der Waals surface area contributed by atoms with E-state index >= 15 is 0 Å². The van der Waals surface area contributed by atoms with E-state index < -0.39 is 5.97 Å². The number of benzene rings is 1. The third-order valence-corrected chi connectivity index (χ3v) is 4.73. The molecule has 2 aliphatic rings. The van der Waals surface area contributed by atoms with E-state index in [9.17, 15) is 9.59 Å². The summed E-state index contributed by atoms with van der Waals surface area (Å²) in [5, 5.41) is 6.29. The molecule has 136 valence electrons. The summed E-state index contributed by atoms with van der Waals surface area (Å²) in [6.45, 7) is 3.88. The highest BCUT2D eigenvalue weighted by Gasteiger charge is 2.38. The topological polar surface area (TPSA) is 70.7 Å². The molecule has 1 atom stereocenters. The predicted octanol–water partition coefficient (Wildman–Crippen LogP) is 2.70. The molecule has 2 N–H and O–H groups in total. The molecule has 0 fully saturated rings. The van der Waals surface area contributed by atoms with Gasteiger partial charge >= 0.3 is 5.97 Å². The zero-order valence-corrected chi connectivity index (χ0v) is 15.6. The number of para-hydroxylation sites is 1. The molecule has 0 aliphatic carbocycles. The summed E-state index contributed by atoms with van der Waals surface area (Å²) in [5.74, 6) is -0.340. The van der Waals surface area contributed by atoms with E-state index in [1.54, 1.807) is 11.8 Å². The Labute approximate surface area is 157 Å². The van der Waals surface area contributed by atoms with E-state index in [-0.39, 0.29) is 24.1 Å². The fraction of sp³-hybridized carbons (Fsp3) is 0.316. The Morgan fingerprint density at radius 1 is 1.38 bits per heavy atom. The van der Waals surface area contributed by atoms with Crippen LogP contribution in [0, 0.1) is 0 Å². The van der Waals surface area contributed by atoms with Gasteiger partial charge in [0.05, 0.1) is 6.61 Å². The molecule has 0 aromatic heterocycles. The van der Waals surface area contributed by atoms with Crippen LogP contribution < -0.4 is 10.6 Å². The minimum Gasteiger partial charge on any atom is -0.462 e. The zero-order valence-electron chi connectivity index (χ0n) is 14.7. The van der Waals surface area contributed by atoms with Crippen molar-refractivity contribution in [1.82, 2.24) is 10.2 Å². The molecule has 0 saturated carbocycles. The van der Waals surface area contributed by atoms with Crippen LogP contribution in [0.2, 0.25) is 0 Å². The van der Waals surface area contributed by atoms with Crippen LogP contribution in [0.25, 0.3) is 0 Å². The second-order valence-electron chi connectivity index (χ2n) is 6.13. The average molecular weight is 371 g/mol. The number of fused-ring (bicyclic) bond motifs is 1. The Bertz CT molecular complexity index is 802. The van der Waals surface area contributed by atoms with Gasteiger partial charge in [-0.15, -0.1) is 0 Å². The highest BCUT2D eigenvalue weighted by Crippen LogP contribution is 2.31. The molecule has 1 aromatic carbocycles. The first kappa shape index (κ1) is 18.1. The lowest BCUT2D eigenvalue weighted by Crippen LogP contribution is -2.50. The van der Waals surface area contributed by atoms with Crippen molar-refractivity contribution in [2.24, 2.45) is 0 Å². The first-order chi connectivity index (χ1) is 12.5. The number of amides is 1. The summed E-state index contributed by atoms with van der Waals surface area (Å²) in [4.78, 5) is 27.0. The van der Waals surface area contributed by atoms with E-state index in [0.29, 0.717) is 10.8 Å². The van der Waals surface area contributed by atoms with Gasteiger partial charge < -0.3 is 15.4 Å². The number of hydrogen-bond donors (Lipinski definition) is 2. The minimum atomic E-state index is -0.617. The number of carbonyl (C=O) groups excluding carboxylic acids is 2. The Balaban J connectivity index is 1.90. The smallest absolute Gasteiger partial charge is 0.345 e. The molecular weight excluding hydrogens is 350 g/mol. The minimum absolute atomic E-state index is 0.00522. The molecule has 3 rings (SSSR count). The lowest BCUT2D eigenvalue weighted by molar-refractivity contribution is -0.142. The maximum absolute atomic E-state index is 12.8. The van der Waals surface area contributed by atoms with Crippen LogP contribution in [0.3, 0.4) is 0 Å². The van der Waals surface area contributed by atoms with Crippen LogP contribution in [0.1, 0.15) is 26.7 Å². The van der Waals surface area contributed by atoms with Crippen molar-refractivity contribution in [1.29, 1.82) is 0 Å². The molecule has 6 nitrogen and oxygen atoms in total. The Hall–Kier alpha value is -2.67. The molecule has 1 unspecified atom stereocenters. The van der Waals surface area contributed by atoms with Gasteiger partial charge in [-0.05, 0) is 38.8 Å². The number of nitrogens with zero attached hydrogens (tertiary/aromatic N) is 1. The van der Waals surface area contributed by atoms with Crippen LogP contribution in [0.5, 0.6) is 0 Å². The normalized spacial score (nSPS) is 19.3. The largest absolute Gasteiger partial charge is 0.462 e. The number of hydrogen-bond acceptors (Lipinski definition) is 5. The molecule has 26 heavy (non-hydrogen) atoms. The standard InChI is InChI=1S/C19H21N3O3S/c1-3-25-19(24)15-11-20-16-14(10-9-12(2)22(16)18(15)23)17(26)21-13-7-5-4-6-8-13/h4-8,11-12,20H,3,9-10H2,1-2H3,(H,21,26). The molecular formula is C19H21N3O3S. The number of nitrogens with one attached hydrogen (secondary N) is 2. The molecule has 2 aliphatic heterocycles. The van der Waals surface area contributed by atoms with Gasteiger partial charge in [0.1, 0.15) is 16.4 Å². The highest BCUT2D eigenvalue weighted by molar-refractivity contribution is 7.81. The van der Waals surface area contributed by atoms with E-state index in [1.807, 2.05) is 37.3 Å². The number of ether oxygens (including phenoxy) is 1. The molecule has 2 heterocycles. The van der Waals surface area contributed by atoms with Gasteiger partial charge in [-0.3, -0.25) is 9.69 Å². The van der Waals surface area contributed by atoms with Crippen LogP contribution in [0.4, 0.5) is 5.69 Å². The van der Waals surface area contributed by atoms with Gasteiger partial charge in [-0.2, -0.15) is 0 Å². The SMILES string of the molecule is CCOC(=O)C1=CNC2=C(C(=S)Nc3ccccc3)CCC(C)N2C1=O. The summed E-state index contributed by atoms with van der Waals surface area (Å²) >= 11 is 5.56. The summed E-state index contributed by atoms with van der Waals surface area (Å²) in [6, 6.07) is 9.61. The van der Waals surface area contributed by atoms with Crippen LogP contribution >= 0.6 is 12.2 Å². The molecule has 0 bridgehead atoms. The zero-order chi connectivity index (χ0) is 18.7. The summed E-state index contributed by atoms with van der Waals surface area (Å²) in [6.07, 6.45) is 2.92. The van der Waals surface area contributed by atoms with E-state index in [4.69, 9.17) is 17.0 Å². The first-order valence-corrected chi connectivity index (χ1v) is 9.00. The van der Waals surface area contributed by atoms with Crippen molar-refractivity contribution in [2.45, 2.75) is 32.7 Å². The average Bonchev–Trinajstić information content (AvgIpc) is 2.63. The van der Waals surface area contributed by atoms with Gasteiger partial charge in [-0.25, -0.2) is 4.79 Å². The third kappa shape index (κ3) is 3.48. The Morgan fingerprint density at radius 3 is 2.81 bits per heavy atom. The second-order valence-corrected chi connectivity index (χ2v) is 6.54. The summed E-state index contributed by atoms with van der Waals surface area (Å²) in [5.41, 5.74) is 1.75. The van der Waals surface area contributed by atoms with Crippen molar-refractivity contribution >= 4 is 34.8 Å². The number of anilines is 1. The molecule has 0 spiro atoms. The molecule has 0 saturated heterocycles. The maximum Gasteiger partial charge on any atom is 0.345 e. The first-order valence-electron chi connectivity index (χ1n) is 8.59. The number of esters is 1. The molecule has 1 aromatic rings. The Morgan fingerprint density at radius 2 is 2.12 bits per heavy atom. The third-order valence-electron chi connectivity index (χ3n) is 4.38. The predicted molar refractivity (Wildman–Crippen MR) is 103 cm³/mol. The Kier molecular flexibility index (Phi) is 5.37. The highest BCUT2D eigenvalue weighted by atomic mass is 32.1. The van der Waals surface area contributed by atoms with Gasteiger partial charge in [-0.1, -0.05) is 30.4 Å². The molecule has 0 radical (unpaired) electrons. The van der Waals surface area contributed by atoms with E-state index in [1.165, 1.54) is 6.20 Å². The summed E-state index contributed by atoms with van der Waals surface area (Å²) in [7, 11) is 0. The van der Waals surface area contributed by atoms with E-state index in [0.717, 1.165) is 24.1 Å². The lowest BCUT2D eigenvalue weighted by Gasteiger charge is -2.39. The fourth-order valence-corrected chi connectivity index (χ4v) is 3.38. The van der Waals surface area contributed by atoms with Crippen LogP contribution in [-0.4, -0.2) is 34.4 Å². The van der Waals surface area contributed by atoms with Gasteiger partial charge in [0.25, 0.3) is 5.91 Å². The van der Waals surface area contributed by atoms with Crippen molar-refractivity contribution in [2.75, 3.05) is 11.9 Å². The molecule has 1 amide bonds. The van der Waals surface area contributed by atoms with Crippen LogP contribution in [-0.2, 0) is 14.3 Å². The van der Waals surface area contributed by atoms with Gasteiger partial charge in [0.15, 0.2) is 0 Å².